The van der Waals surface area contributed by atoms with Gasteiger partial charge < -0.3 is 5.32 Å². The normalized spacial score (nSPS) is 9.89. The van der Waals surface area contributed by atoms with Gasteiger partial charge in [0.25, 0.3) is 0 Å². The number of benzene rings is 1. The van der Waals surface area contributed by atoms with E-state index in [4.69, 9.17) is 16.9 Å². The third-order valence-corrected chi connectivity index (χ3v) is 3.51. The Labute approximate surface area is 119 Å². The topological polar surface area (TPSA) is 48.7 Å². The van der Waals surface area contributed by atoms with Crippen molar-refractivity contribution in [3.05, 3.63) is 51.1 Å². The van der Waals surface area contributed by atoms with E-state index in [1.807, 2.05) is 31.2 Å². The molecule has 1 aromatic heterocycles. The molecule has 3 nitrogen and oxygen atoms in total. The van der Waals surface area contributed by atoms with Crippen LogP contribution < -0.4 is 5.32 Å². The second-order valence-corrected chi connectivity index (χ2v) is 4.95. The fraction of sp³-hybridized carbons (Fsp3) is 0.0769. The van der Waals surface area contributed by atoms with Crippen molar-refractivity contribution in [1.82, 2.24) is 4.98 Å². The summed E-state index contributed by atoms with van der Waals surface area (Å²) in [4.78, 5) is 4.14. The molecule has 0 bridgehead atoms. The van der Waals surface area contributed by atoms with Gasteiger partial charge in [0, 0.05) is 10.2 Å². The second kappa shape index (κ2) is 5.38. The highest BCUT2D eigenvalue weighted by atomic mass is 79.9. The van der Waals surface area contributed by atoms with Crippen molar-refractivity contribution in [3.8, 4) is 6.07 Å². The lowest BCUT2D eigenvalue weighted by molar-refractivity contribution is 1.28. The van der Waals surface area contributed by atoms with Crippen LogP contribution in [0, 0.1) is 18.3 Å². The molecule has 0 aliphatic carbocycles. The molecule has 0 atom stereocenters. The number of rotatable bonds is 2. The van der Waals surface area contributed by atoms with Crippen molar-refractivity contribution in [3.63, 3.8) is 0 Å². The van der Waals surface area contributed by atoms with Crippen LogP contribution in [0.4, 0.5) is 11.5 Å². The zero-order chi connectivity index (χ0) is 13.1. The van der Waals surface area contributed by atoms with Crippen LogP contribution >= 0.6 is 27.5 Å². The number of hydrogen-bond donors (Lipinski definition) is 1. The summed E-state index contributed by atoms with van der Waals surface area (Å²) < 4.78 is 1.01. The molecule has 0 aliphatic rings. The molecular formula is C13H9BrClN3. The summed E-state index contributed by atoms with van der Waals surface area (Å²) in [6.07, 6.45) is 0. The first kappa shape index (κ1) is 12.9. The Bertz CT molecular complexity index is 635. The Morgan fingerprint density at radius 2 is 2.17 bits per heavy atom. The van der Waals surface area contributed by atoms with E-state index in [1.165, 1.54) is 6.07 Å². The fourth-order valence-electron chi connectivity index (χ4n) is 1.51. The van der Waals surface area contributed by atoms with Crippen molar-refractivity contribution in [2.75, 3.05) is 5.32 Å². The first-order valence-corrected chi connectivity index (χ1v) is 6.37. The first-order chi connectivity index (χ1) is 8.60. The molecule has 5 heteroatoms. The summed E-state index contributed by atoms with van der Waals surface area (Å²) in [5.41, 5.74) is 2.46. The molecule has 0 aliphatic heterocycles. The minimum Gasteiger partial charge on any atom is -0.340 e. The van der Waals surface area contributed by atoms with Gasteiger partial charge in [0.2, 0.25) is 0 Å². The summed E-state index contributed by atoms with van der Waals surface area (Å²) in [7, 11) is 0. The Kier molecular flexibility index (Phi) is 3.85. The van der Waals surface area contributed by atoms with E-state index in [0.717, 1.165) is 15.7 Å². The number of aromatic nitrogens is 1. The molecule has 0 radical (unpaired) electrons. The lowest BCUT2D eigenvalue weighted by Crippen LogP contribution is -1.97. The van der Waals surface area contributed by atoms with E-state index in [9.17, 15) is 0 Å². The van der Waals surface area contributed by atoms with Gasteiger partial charge in [-0.25, -0.2) is 4.98 Å². The van der Waals surface area contributed by atoms with Crippen LogP contribution in [0.25, 0.3) is 0 Å². The number of hydrogen-bond acceptors (Lipinski definition) is 3. The van der Waals surface area contributed by atoms with E-state index in [0.29, 0.717) is 16.5 Å². The third-order valence-electron chi connectivity index (χ3n) is 2.45. The molecule has 0 saturated heterocycles. The molecule has 2 rings (SSSR count). The van der Waals surface area contributed by atoms with Crippen LogP contribution in [0.15, 0.2) is 34.8 Å². The SMILES string of the molecule is Cc1c(Br)cccc1Nc1cc(C#N)cc(Cl)n1. The van der Waals surface area contributed by atoms with E-state index < -0.39 is 0 Å². The lowest BCUT2D eigenvalue weighted by atomic mass is 10.2. The number of pyridine rings is 1. The largest absolute Gasteiger partial charge is 0.340 e. The van der Waals surface area contributed by atoms with Gasteiger partial charge in [-0.3, -0.25) is 0 Å². The van der Waals surface area contributed by atoms with Crippen LogP contribution in [0.3, 0.4) is 0 Å². The second-order valence-electron chi connectivity index (χ2n) is 3.71. The Morgan fingerprint density at radius 3 is 2.89 bits per heavy atom. The van der Waals surface area contributed by atoms with E-state index in [-0.39, 0.29) is 0 Å². The quantitative estimate of drug-likeness (QED) is 0.833. The van der Waals surface area contributed by atoms with Crippen LogP contribution in [-0.2, 0) is 0 Å². The molecule has 1 heterocycles. The van der Waals surface area contributed by atoms with E-state index in [1.54, 1.807) is 6.07 Å². The monoisotopic (exact) mass is 321 g/mol. The van der Waals surface area contributed by atoms with Gasteiger partial charge in [0.1, 0.15) is 11.0 Å². The molecule has 0 saturated carbocycles. The first-order valence-electron chi connectivity index (χ1n) is 5.20. The summed E-state index contributed by atoms with van der Waals surface area (Å²) >= 11 is 9.32. The van der Waals surface area contributed by atoms with Gasteiger partial charge in [0.15, 0.2) is 0 Å². The van der Waals surface area contributed by atoms with Crippen LogP contribution in [0.5, 0.6) is 0 Å². The Morgan fingerprint density at radius 1 is 1.39 bits per heavy atom. The molecule has 1 aromatic carbocycles. The maximum atomic E-state index is 8.88. The molecule has 2 aromatic rings. The van der Waals surface area contributed by atoms with Crippen molar-refractivity contribution in [2.45, 2.75) is 6.92 Å². The molecular weight excluding hydrogens is 314 g/mol. The smallest absolute Gasteiger partial charge is 0.133 e. The zero-order valence-electron chi connectivity index (χ0n) is 9.54. The van der Waals surface area contributed by atoms with Gasteiger partial charge in [-0.2, -0.15) is 5.26 Å². The Balaban J connectivity index is 2.37. The van der Waals surface area contributed by atoms with E-state index in [2.05, 4.69) is 26.2 Å². The maximum Gasteiger partial charge on any atom is 0.133 e. The maximum absolute atomic E-state index is 8.88. The van der Waals surface area contributed by atoms with Gasteiger partial charge >= 0.3 is 0 Å². The third kappa shape index (κ3) is 2.81. The molecule has 0 unspecified atom stereocenters. The molecule has 1 N–H and O–H groups in total. The molecule has 0 spiro atoms. The highest BCUT2D eigenvalue weighted by Crippen LogP contribution is 2.26. The van der Waals surface area contributed by atoms with Gasteiger partial charge in [0.05, 0.1) is 11.6 Å². The number of nitrogens with one attached hydrogen (secondary N) is 1. The molecule has 90 valence electrons. The van der Waals surface area contributed by atoms with Crippen molar-refractivity contribution in [1.29, 1.82) is 5.26 Å². The predicted octanol–water partition coefficient (Wildman–Crippen LogP) is 4.42. The lowest BCUT2D eigenvalue weighted by Gasteiger charge is -2.10. The summed E-state index contributed by atoms with van der Waals surface area (Å²) in [6.45, 7) is 1.99. The van der Waals surface area contributed by atoms with Crippen molar-refractivity contribution < 1.29 is 0 Å². The number of nitrogens with zero attached hydrogens (tertiary/aromatic N) is 2. The van der Waals surface area contributed by atoms with E-state index >= 15 is 0 Å². The minimum absolute atomic E-state index is 0.296. The van der Waals surface area contributed by atoms with Crippen molar-refractivity contribution >= 4 is 39.0 Å². The Hall–Kier alpha value is -1.57. The number of halogens is 2. The number of anilines is 2. The molecule has 0 amide bonds. The molecule has 18 heavy (non-hydrogen) atoms. The summed E-state index contributed by atoms with van der Waals surface area (Å²) in [5.74, 6) is 0.556. The fourth-order valence-corrected chi connectivity index (χ4v) is 2.08. The average molecular weight is 323 g/mol. The van der Waals surface area contributed by atoms with Crippen LogP contribution in [0.2, 0.25) is 5.15 Å². The van der Waals surface area contributed by atoms with Crippen LogP contribution in [0.1, 0.15) is 11.1 Å². The van der Waals surface area contributed by atoms with Crippen LogP contribution in [-0.4, -0.2) is 4.98 Å². The summed E-state index contributed by atoms with van der Waals surface area (Å²) in [5, 5.41) is 12.3. The van der Waals surface area contributed by atoms with Crippen molar-refractivity contribution in [2.24, 2.45) is 0 Å². The van der Waals surface area contributed by atoms with Gasteiger partial charge in [-0.05, 0) is 36.8 Å². The molecule has 0 fully saturated rings. The van der Waals surface area contributed by atoms with Gasteiger partial charge in [-0.15, -0.1) is 0 Å². The average Bonchev–Trinajstić information content (AvgIpc) is 2.34. The highest BCUT2D eigenvalue weighted by Gasteiger charge is 2.05. The minimum atomic E-state index is 0.296. The standard InChI is InChI=1S/C13H9BrClN3/c1-8-10(14)3-2-4-11(8)17-13-6-9(7-16)5-12(15)18-13/h2-6H,1H3,(H,17,18). The number of nitriles is 1. The summed E-state index contributed by atoms with van der Waals surface area (Å²) in [6, 6.07) is 11.1. The highest BCUT2D eigenvalue weighted by molar-refractivity contribution is 9.10. The zero-order valence-corrected chi connectivity index (χ0v) is 11.9. The van der Waals surface area contributed by atoms with Gasteiger partial charge in [-0.1, -0.05) is 33.6 Å². The predicted molar refractivity (Wildman–Crippen MR) is 76.1 cm³/mol.